The number of nitrogens with two attached hydrogens (primary N) is 1. The van der Waals surface area contributed by atoms with Gasteiger partial charge in [0.15, 0.2) is 0 Å². The van der Waals surface area contributed by atoms with Crippen LogP contribution in [0.3, 0.4) is 0 Å². The van der Waals surface area contributed by atoms with Crippen LogP contribution in [0.2, 0.25) is 0 Å². The summed E-state index contributed by atoms with van der Waals surface area (Å²) in [4.78, 5) is 12.0. The largest absolute Gasteiger partial charge is 0.399 e. The van der Waals surface area contributed by atoms with E-state index in [-0.39, 0.29) is 17.6 Å². The molecule has 0 aliphatic carbocycles. The lowest BCUT2D eigenvalue weighted by Crippen LogP contribution is -2.46. The molecule has 1 heterocycles. The van der Waals surface area contributed by atoms with Crippen LogP contribution in [-0.2, 0) is 16.0 Å². The van der Waals surface area contributed by atoms with Crippen molar-refractivity contribution < 1.29 is 9.53 Å². The summed E-state index contributed by atoms with van der Waals surface area (Å²) in [6.45, 7) is 4.82. The van der Waals surface area contributed by atoms with E-state index < -0.39 is 0 Å². The van der Waals surface area contributed by atoms with Gasteiger partial charge in [-0.1, -0.05) is 12.1 Å². The summed E-state index contributed by atoms with van der Waals surface area (Å²) in [5, 5.41) is 3.08. The molecule has 104 valence electrons. The Morgan fingerprint density at radius 3 is 3.00 bits per heavy atom. The van der Waals surface area contributed by atoms with Crippen LogP contribution in [-0.4, -0.2) is 24.2 Å². The summed E-state index contributed by atoms with van der Waals surface area (Å²) in [6, 6.07) is 7.66. The topological polar surface area (TPSA) is 64.4 Å². The highest BCUT2D eigenvalue weighted by molar-refractivity contribution is 5.79. The van der Waals surface area contributed by atoms with Gasteiger partial charge < -0.3 is 15.8 Å². The summed E-state index contributed by atoms with van der Waals surface area (Å²) in [6.07, 6.45) is 2.12. The van der Waals surface area contributed by atoms with Gasteiger partial charge in [0.2, 0.25) is 5.91 Å². The summed E-state index contributed by atoms with van der Waals surface area (Å²) >= 11 is 0. The Labute approximate surface area is 114 Å². The molecule has 2 rings (SSSR count). The Kier molecular flexibility index (Phi) is 4.10. The van der Waals surface area contributed by atoms with Crippen LogP contribution in [0.25, 0.3) is 0 Å². The number of amides is 1. The highest BCUT2D eigenvalue weighted by Gasteiger charge is 2.29. The Bertz CT molecular complexity index is 457. The highest BCUT2D eigenvalue weighted by Crippen LogP contribution is 2.23. The SMILES string of the molecule is CC1(C)CC(NC(=O)Cc2cccc(N)c2)CCO1. The fraction of sp³-hybridized carbons (Fsp3) is 0.533. The Balaban J connectivity index is 1.87. The minimum absolute atomic E-state index is 0.0494. The smallest absolute Gasteiger partial charge is 0.224 e. The molecule has 3 N–H and O–H groups in total. The Morgan fingerprint density at radius 1 is 1.53 bits per heavy atom. The van der Waals surface area contributed by atoms with E-state index in [9.17, 15) is 4.79 Å². The molecule has 4 nitrogen and oxygen atoms in total. The molecule has 19 heavy (non-hydrogen) atoms. The van der Waals surface area contributed by atoms with Gasteiger partial charge >= 0.3 is 0 Å². The van der Waals surface area contributed by atoms with Crippen LogP contribution in [0, 0.1) is 0 Å². The normalized spacial score (nSPS) is 21.9. The summed E-state index contributed by atoms with van der Waals surface area (Å²) < 4.78 is 5.64. The number of hydrogen-bond acceptors (Lipinski definition) is 3. The first-order valence-corrected chi connectivity index (χ1v) is 6.72. The van der Waals surface area contributed by atoms with E-state index in [0.717, 1.165) is 18.4 Å². The number of carbonyl (C=O) groups excluding carboxylic acids is 1. The van der Waals surface area contributed by atoms with E-state index in [1.165, 1.54) is 0 Å². The average Bonchev–Trinajstić information content (AvgIpc) is 2.27. The zero-order chi connectivity index (χ0) is 13.9. The molecule has 1 unspecified atom stereocenters. The van der Waals surface area contributed by atoms with Crippen molar-refractivity contribution in [1.29, 1.82) is 0 Å². The molecule has 1 aliphatic heterocycles. The third-order valence-corrected chi connectivity index (χ3v) is 3.38. The summed E-state index contributed by atoms with van der Waals surface area (Å²) in [5.41, 5.74) is 7.20. The minimum atomic E-state index is -0.145. The van der Waals surface area contributed by atoms with Crippen LogP contribution in [0.5, 0.6) is 0 Å². The molecule has 0 saturated carbocycles. The van der Waals surface area contributed by atoms with Crippen LogP contribution >= 0.6 is 0 Å². The Hall–Kier alpha value is -1.55. The first-order chi connectivity index (χ1) is 8.94. The second-order valence-electron chi connectivity index (χ2n) is 5.79. The molecule has 4 heteroatoms. The van der Waals surface area contributed by atoms with Gasteiger partial charge in [0.1, 0.15) is 0 Å². The maximum atomic E-state index is 12.0. The van der Waals surface area contributed by atoms with Gasteiger partial charge in [-0.3, -0.25) is 4.79 Å². The van der Waals surface area contributed by atoms with Gasteiger partial charge in [0.25, 0.3) is 0 Å². The fourth-order valence-electron chi connectivity index (χ4n) is 2.52. The average molecular weight is 262 g/mol. The monoisotopic (exact) mass is 262 g/mol. The van der Waals surface area contributed by atoms with Gasteiger partial charge in [-0.2, -0.15) is 0 Å². The summed E-state index contributed by atoms with van der Waals surface area (Å²) in [5.74, 6) is 0.0494. The van der Waals surface area contributed by atoms with E-state index >= 15 is 0 Å². The second kappa shape index (κ2) is 5.61. The van der Waals surface area contributed by atoms with Gasteiger partial charge in [0, 0.05) is 18.3 Å². The predicted octanol–water partition coefficient (Wildman–Crippen LogP) is 1.89. The van der Waals surface area contributed by atoms with Gasteiger partial charge in [-0.15, -0.1) is 0 Å². The lowest BCUT2D eigenvalue weighted by molar-refractivity contribution is -0.123. The zero-order valence-electron chi connectivity index (χ0n) is 11.6. The van der Waals surface area contributed by atoms with Gasteiger partial charge in [0.05, 0.1) is 12.0 Å². The molecule has 0 aromatic heterocycles. The number of hydrogen-bond donors (Lipinski definition) is 2. The molecular formula is C15H22N2O2. The first-order valence-electron chi connectivity index (χ1n) is 6.72. The molecule has 1 fully saturated rings. The third-order valence-electron chi connectivity index (χ3n) is 3.38. The maximum absolute atomic E-state index is 12.0. The fourth-order valence-corrected chi connectivity index (χ4v) is 2.52. The van der Waals surface area contributed by atoms with Crippen LogP contribution in [0.15, 0.2) is 24.3 Å². The number of nitrogens with one attached hydrogen (secondary N) is 1. The van der Waals surface area contributed by atoms with E-state index in [2.05, 4.69) is 19.2 Å². The van der Waals surface area contributed by atoms with Crippen molar-refractivity contribution in [2.24, 2.45) is 0 Å². The van der Waals surface area contributed by atoms with Crippen molar-refractivity contribution in [3.8, 4) is 0 Å². The molecule has 0 radical (unpaired) electrons. The van der Waals surface area contributed by atoms with E-state index in [0.29, 0.717) is 18.7 Å². The molecule has 1 aliphatic rings. The molecule has 1 atom stereocenters. The van der Waals surface area contributed by atoms with Crippen molar-refractivity contribution in [3.63, 3.8) is 0 Å². The van der Waals surface area contributed by atoms with E-state index in [1.54, 1.807) is 0 Å². The lowest BCUT2D eigenvalue weighted by atomic mass is 9.94. The second-order valence-corrected chi connectivity index (χ2v) is 5.79. The first kappa shape index (κ1) is 13.9. The minimum Gasteiger partial charge on any atom is -0.399 e. The van der Waals surface area contributed by atoms with Gasteiger partial charge in [-0.05, 0) is 44.4 Å². The van der Waals surface area contributed by atoms with Crippen molar-refractivity contribution in [2.45, 2.75) is 44.8 Å². The lowest BCUT2D eigenvalue weighted by Gasteiger charge is -2.35. The van der Waals surface area contributed by atoms with Crippen molar-refractivity contribution in [3.05, 3.63) is 29.8 Å². The molecule has 0 bridgehead atoms. The number of carbonyl (C=O) groups is 1. The summed E-state index contributed by atoms with van der Waals surface area (Å²) in [7, 11) is 0. The number of benzene rings is 1. The number of anilines is 1. The standard InChI is InChI=1S/C15H22N2O2/c1-15(2)10-13(6-7-19-15)17-14(18)9-11-4-3-5-12(16)8-11/h3-5,8,13H,6-7,9-10,16H2,1-2H3,(H,17,18). The van der Waals surface area contributed by atoms with Crippen LogP contribution in [0.1, 0.15) is 32.3 Å². The number of ether oxygens (including phenoxy) is 1. The molecule has 1 aromatic rings. The Morgan fingerprint density at radius 2 is 2.32 bits per heavy atom. The number of nitrogen functional groups attached to an aromatic ring is 1. The van der Waals surface area contributed by atoms with Crippen molar-refractivity contribution >= 4 is 11.6 Å². The molecule has 1 amide bonds. The van der Waals surface area contributed by atoms with Gasteiger partial charge in [-0.25, -0.2) is 0 Å². The van der Waals surface area contributed by atoms with Crippen LogP contribution in [0.4, 0.5) is 5.69 Å². The van der Waals surface area contributed by atoms with E-state index in [4.69, 9.17) is 10.5 Å². The van der Waals surface area contributed by atoms with Crippen LogP contribution < -0.4 is 11.1 Å². The molecule has 0 spiro atoms. The molecule has 1 saturated heterocycles. The van der Waals surface area contributed by atoms with Crippen molar-refractivity contribution in [2.75, 3.05) is 12.3 Å². The van der Waals surface area contributed by atoms with E-state index in [1.807, 2.05) is 24.3 Å². The zero-order valence-corrected chi connectivity index (χ0v) is 11.6. The van der Waals surface area contributed by atoms with Crippen molar-refractivity contribution in [1.82, 2.24) is 5.32 Å². The molecule has 1 aromatic carbocycles. The predicted molar refractivity (Wildman–Crippen MR) is 75.8 cm³/mol. The third kappa shape index (κ3) is 4.24. The highest BCUT2D eigenvalue weighted by atomic mass is 16.5. The maximum Gasteiger partial charge on any atom is 0.224 e. The quantitative estimate of drug-likeness (QED) is 0.818. The molecular weight excluding hydrogens is 240 g/mol. The number of rotatable bonds is 3.